The fourth-order valence-corrected chi connectivity index (χ4v) is 12.3. The predicted molar refractivity (Wildman–Crippen MR) is 327 cm³/mol. The van der Waals surface area contributed by atoms with Gasteiger partial charge in [0.2, 0.25) is 47.3 Å². The molecule has 4 fully saturated rings. The molecule has 1 aromatic rings. The van der Waals surface area contributed by atoms with Crippen molar-refractivity contribution in [2.45, 2.75) is 169 Å². The zero-order valence-electron chi connectivity index (χ0n) is 54.5. The van der Waals surface area contributed by atoms with Crippen molar-refractivity contribution in [2.75, 3.05) is 60.1 Å². The molecule has 10 unspecified atom stereocenters. The van der Waals surface area contributed by atoms with E-state index in [2.05, 4.69) is 21.3 Å². The maximum absolute atomic E-state index is 15.2. The molecule has 0 radical (unpaired) electrons. The number of rotatable bonds is 8. The van der Waals surface area contributed by atoms with Crippen LogP contribution in [0.25, 0.3) is 22.6 Å². The number of hydrogen-bond donors (Lipinski definition) is 6. The van der Waals surface area contributed by atoms with Gasteiger partial charge in [0.25, 0.3) is 11.8 Å². The van der Waals surface area contributed by atoms with Crippen LogP contribution in [0.15, 0.2) is 15.3 Å². The van der Waals surface area contributed by atoms with Crippen LogP contribution in [0.1, 0.15) is 127 Å². The molecular formula is C62H86N12O17. The van der Waals surface area contributed by atoms with Gasteiger partial charge < -0.3 is 75.4 Å². The van der Waals surface area contributed by atoms with Crippen LogP contribution in [0, 0.1) is 37.5 Å². The van der Waals surface area contributed by atoms with Crippen LogP contribution >= 0.6 is 0 Å². The Balaban J connectivity index is 1.34. The first-order valence-corrected chi connectivity index (χ1v) is 30.7. The first-order chi connectivity index (χ1) is 42.5. The molecular weight excluding hydrogens is 1180 g/mol. The number of cyclic esters (lactones) is 2. The number of fused-ring (bicyclic) bond motifs is 4. The summed E-state index contributed by atoms with van der Waals surface area (Å²) in [6, 6.07) is -10.1. The van der Waals surface area contributed by atoms with Gasteiger partial charge in [0, 0.05) is 58.5 Å². The number of carbonyl (C=O) groups is 12. The number of carbonyl (C=O) groups excluding carboxylic acids is 12. The minimum absolute atomic E-state index is 0.109. The topological polar surface area (TPSA) is 380 Å². The molecule has 0 spiro atoms. The summed E-state index contributed by atoms with van der Waals surface area (Å²) in [6.07, 6.45) is -1.81. The van der Waals surface area contributed by atoms with Crippen molar-refractivity contribution >= 4 is 87.8 Å². The van der Waals surface area contributed by atoms with E-state index in [1.54, 1.807) is 55.4 Å². The van der Waals surface area contributed by atoms with E-state index in [4.69, 9.17) is 24.6 Å². The van der Waals surface area contributed by atoms with Crippen LogP contribution in [-0.2, 0) is 57.4 Å². The fourth-order valence-electron chi connectivity index (χ4n) is 12.3. The number of anilines is 1. The molecule has 10 amide bonds. The van der Waals surface area contributed by atoms with Crippen LogP contribution < -0.4 is 32.4 Å². The van der Waals surface area contributed by atoms with Crippen molar-refractivity contribution in [2.24, 2.45) is 23.7 Å². The minimum Gasteiger partial charge on any atom is -0.505 e. The number of likely N-dealkylation sites (N-methyl/N-ethyl adjacent to an activating group) is 4. The number of ether oxygens (including phenoxy) is 2. The maximum Gasteiger partial charge on any atom is 0.329 e. The summed E-state index contributed by atoms with van der Waals surface area (Å²) in [5, 5.41) is 22.1. The molecule has 91 heavy (non-hydrogen) atoms. The van der Waals surface area contributed by atoms with Gasteiger partial charge in [0.15, 0.2) is 16.8 Å². The Labute approximate surface area is 527 Å². The highest BCUT2D eigenvalue weighted by atomic mass is 16.6. The standard InChI is InChI=1S/C62H86N12O17/c1-26(2)42-59(85)73-21-17-19-35(73)57(83)69(13)24-38(76)71(15)48(28(5)6)61(87)89-32(11)44(55(81)65-42)67-53(79)34-23-37(75)30(9)51-46(34)64-47-40(41(63)50(78)31(10)52(47)91-51)54(80)68-45-33(12)90-62(88)49(29(7)8)72(16)39(77)25-70(14)58(84)36-20-18-22-74(36)60(86)43(27(3)4)66-56(45)82/h23,26-29,32-33,35-36,42-45,48-49,78H,17-22,24-25,63H2,1-16H3,(H,65,81)(H,66,82)(H,67,79)(H,68,80). The summed E-state index contributed by atoms with van der Waals surface area (Å²) in [4.78, 5) is 199. The van der Waals surface area contributed by atoms with E-state index >= 15 is 9.59 Å². The number of nitrogen functional groups attached to an aromatic ring is 1. The summed E-state index contributed by atoms with van der Waals surface area (Å²) in [5.74, 6) is -13.7. The molecule has 5 heterocycles. The highest BCUT2D eigenvalue weighted by Gasteiger charge is 2.47. The lowest BCUT2D eigenvalue weighted by Gasteiger charge is -2.36. The van der Waals surface area contributed by atoms with Gasteiger partial charge in [-0.25, -0.2) is 14.6 Å². The number of aromatic nitrogens is 1. The quantitative estimate of drug-likeness (QED) is 0.0771. The van der Waals surface area contributed by atoms with E-state index < -0.39 is 208 Å². The van der Waals surface area contributed by atoms with Gasteiger partial charge >= 0.3 is 11.9 Å². The monoisotopic (exact) mass is 1270 g/mol. The van der Waals surface area contributed by atoms with Crippen molar-refractivity contribution < 1.29 is 76.5 Å². The van der Waals surface area contributed by atoms with E-state index in [1.807, 2.05) is 0 Å². The SMILES string of the molecule is Cc1c2oc3c(C)c(O)c(N)c(C(=O)NC4C(=O)NC(C(C)C)C(=O)N5CCCC5C(=O)N(C)CC(=O)N(C)C(C(C)C)C(=O)OC4C)c3nc-2c(C(=O)NC2C(=O)NC(C(C)C)C(=O)N3CCCC3C(=O)N(C)CC(=O)N(C)C(C(C)C)C(=O)OC2C)cc1=O. The third-order valence-electron chi connectivity index (χ3n) is 17.7. The Hall–Kier alpha value is -8.92. The average molecular weight is 1270 g/mol. The highest BCUT2D eigenvalue weighted by molar-refractivity contribution is 6.13. The number of aromatic hydroxyl groups is 1. The first-order valence-electron chi connectivity index (χ1n) is 30.7. The molecule has 7 N–H and O–H groups in total. The average Bonchev–Trinajstić information content (AvgIpc) is 1.25. The van der Waals surface area contributed by atoms with Gasteiger partial charge in [0.1, 0.15) is 77.5 Å². The molecule has 496 valence electrons. The van der Waals surface area contributed by atoms with Gasteiger partial charge in [-0.15, -0.1) is 0 Å². The summed E-state index contributed by atoms with van der Waals surface area (Å²) >= 11 is 0. The number of esters is 2. The van der Waals surface area contributed by atoms with Crippen LogP contribution in [0.4, 0.5) is 5.69 Å². The van der Waals surface area contributed by atoms with Crippen LogP contribution in [-0.4, -0.2) is 225 Å². The molecule has 4 saturated heterocycles. The minimum atomic E-state index is -1.91. The largest absolute Gasteiger partial charge is 0.505 e. The lowest BCUT2D eigenvalue weighted by molar-refractivity contribution is -0.163. The second-order valence-electron chi connectivity index (χ2n) is 25.7. The second kappa shape index (κ2) is 27.7. The number of nitrogens with two attached hydrogens (primary N) is 1. The molecule has 1 aliphatic carbocycles. The molecule has 29 heteroatoms. The third kappa shape index (κ3) is 13.9. The number of phenolic OH excluding ortho intramolecular Hbond substituents is 1. The second-order valence-corrected chi connectivity index (χ2v) is 25.7. The Morgan fingerprint density at radius 2 is 1.04 bits per heavy atom. The number of nitrogens with zero attached hydrogens (tertiary/aromatic N) is 7. The number of hydrogen-bond acceptors (Lipinski definition) is 19. The van der Waals surface area contributed by atoms with Gasteiger partial charge in [-0.2, -0.15) is 0 Å². The van der Waals surface area contributed by atoms with E-state index in [0.717, 1.165) is 15.9 Å². The molecule has 0 saturated carbocycles. The van der Waals surface area contributed by atoms with Gasteiger partial charge in [-0.05, 0) is 77.0 Å². The van der Waals surface area contributed by atoms with E-state index in [0.29, 0.717) is 12.8 Å². The maximum atomic E-state index is 15.2. The molecule has 0 aromatic heterocycles. The summed E-state index contributed by atoms with van der Waals surface area (Å²) < 4.78 is 18.2. The van der Waals surface area contributed by atoms with Gasteiger partial charge in [-0.1, -0.05) is 55.4 Å². The summed E-state index contributed by atoms with van der Waals surface area (Å²) in [6.45, 7) is 17.8. The lowest BCUT2D eigenvalue weighted by atomic mass is 9.98. The Morgan fingerprint density at radius 1 is 0.626 bits per heavy atom. The zero-order chi connectivity index (χ0) is 67.8. The number of benzene rings is 2. The molecule has 6 aliphatic rings. The molecule has 29 nitrogen and oxygen atoms in total. The van der Waals surface area contributed by atoms with Crippen LogP contribution in [0.2, 0.25) is 0 Å². The Bertz CT molecular complexity index is 3470. The molecule has 0 bridgehead atoms. The molecule has 10 atom stereocenters. The first kappa shape index (κ1) is 69.6. The number of phenols is 1. The highest BCUT2D eigenvalue weighted by Crippen LogP contribution is 2.40. The number of aryl methyl sites for hydroxylation is 1. The van der Waals surface area contributed by atoms with Crippen molar-refractivity contribution in [3.63, 3.8) is 0 Å². The van der Waals surface area contributed by atoms with Crippen LogP contribution in [0.5, 0.6) is 5.75 Å². The number of nitrogens with one attached hydrogen (secondary N) is 4. The van der Waals surface area contributed by atoms with Crippen molar-refractivity contribution in [1.29, 1.82) is 0 Å². The summed E-state index contributed by atoms with van der Waals surface area (Å²) in [7, 11) is 5.53. The molecule has 7 rings (SSSR count). The van der Waals surface area contributed by atoms with Gasteiger partial charge in [-0.3, -0.25) is 52.7 Å². The Kier molecular flexibility index (Phi) is 21.1. The van der Waals surface area contributed by atoms with E-state index in [9.17, 15) is 57.8 Å². The number of amides is 10. The summed E-state index contributed by atoms with van der Waals surface area (Å²) in [5.41, 5.74) is 2.48. The van der Waals surface area contributed by atoms with Crippen molar-refractivity contribution in [3.8, 4) is 17.2 Å². The Morgan fingerprint density at radius 3 is 1.45 bits per heavy atom. The van der Waals surface area contributed by atoms with Crippen molar-refractivity contribution in [1.82, 2.24) is 55.7 Å². The van der Waals surface area contributed by atoms with Crippen molar-refractivity contribution in [3.05, 3.63) is 38.5 Å². The van der Waals surface area contributed by atoms with E-state index in [1.165, 1.54) is 75.5 Å². The van der Waals surface area contributed by atoms with Crippen LogP contribution in [0.3, 0.4) is 0 Å². The third-order valence-corrected chi connectivity index (χ3v) is 17.7. The predicted octanol–water partition coefficient (Wildman–Crippen LogP) is 0.431. The van der Waals surface area contributed by atoms with Gasteiger partial charge in [0.05, 0.1) is 29.9 Å². The molecule has 5 aliphatic heterocycles. The normalized spacial score (nSPS) is 26.1. The smallest absolute Gasteiger partial charge is 0.329 e. The zero-order valence-corrected chi connectivity index (χ0v) is 54.5. The fraction of sp³-hybridized carbons (Fsp3) is 0.613. The van der Waals surface area contributed by atoms with E-state index in [-0.39, 0.29) is 48.4 Å². The molecule has 1 aromatic carbocycles. The lowest BCUT2D eigenvalue weighted by Crippen LogP contribution is -2.61.